The number of amides is 1. The fourth-order valence-corrected chi connectivity index (χ4v) is 3.48. The molecule has 0 aliphatic heterocycles. The number of carbonyl (C=O) groups is 2. The van der Waals surface area contributed by atoms with Gasteiger partial charge in [0.15, 0.2) is 0 Å². The van der Waals surface area contributed by atoms with E-state index < -0.39 is 12.0 Å². The van der Waals surface area contributed by atoms with Crippen molar-refractivity contribution in [3.8, 4) is 0 Å². The lowest BCUT2D eigenvalue weighted by molar-refractivity contribution is -0.141. The van der Waals surface area contributed by atoms with E-state index in [2.05, 4.69) is 12.2 Å². The Bertz CT molecular complexity index is 399. The molecule has 0 aromatic carbocycles. The van der Waals surface area contributed by atoms with Crippen LogP contribution in [0.4, 0.5) is 0 Å². The minimum atomic E-state index is -0.966. The molecule has 0 aliphatic rings. The van der Waals surface area contributed by atoms with Crippen LogP contribution in [0.25, 0.3) is 0 Å². The van der Waals surface area contributed by atoms with Crippen LogP contribution in [-0.4, -0.2) is 35.0 Å². The molecule has 0 aliphatic carbocycles. The molecule has 0 aromatic rings. The van der Waals surface area contributed by atoms with Crippen molar-refractivity contribution in [2.24, 2.45) is 0 Å². The standard InChI is InChI=1S/C22H41NO3S/c1-3-4-5-6-7-8-9-10-11-12-13-14-15-16-17-21(24)23-20(22(25)26)18-19-27-2/h16-17,20H,3-15,18-19H2,1-2H3,(H,23,24)(H,25,26)/t20-/m0/s1. The van der Waals surface area contributed by atoms with Crippen LogP contribution in [0.5, 0.6) is 0 Å². The molecule has 1 atom stereocenters. The lowest BCUT2D eigenvalue weighted by Crippen LogP contribution is -2.40. The first-order valence-electron chi connectivity index (χ1n) is 10.8. The zero-order valence-corrected chi connectivity index (χ0v) is 18.3. The average molecular weight is 400 g/mol. The maximum absolute atomic E-state index is 11.8. The van der Waals surface area contributed by atoms with E-state index in [0.29, 0.717) is 6.42 Å². The number of allylic oxidation sites excluding steroid dienone is 1. The maximum atomic E-state index is 11.8. The van der Waals surface area contributed by atoms with Crippen LogP contribution in [0.15, 0.2) is 12.2 Å². The van der Waals surface area contributed by atoms with Crippen molar-refractivity contribution in [1.29, 1.82) is 0 Å². The first-order chi connectivity index (χ1) is 13.1. The molecular weight excluding hydrogens is 358 g/mol. The molecule has 0 saturated carbocycles. The van der Waals surface area contributed by atoms with Gasteiger partial charge in [-0.25, -0.2) is 4.79 Å². The molecule has 0 rings (SSSR count). The van der Waals surface area contributed by atoms with Crippen molar-refractivity contribution in [2.45, 2.75) is 103 Å². The Kier molecular flexibility index (Phi) is 19.1. The van der Waals surface area contributed by atoms with E-state index in [0.717, 1.165) is 18.6 Å². The highest BCUT2D eigenvalue weighted by molar-refractivity contribution is 7.98. The summed E-state index contributed by atoms with van der Waals surface area (Å²) in [6.07, 6.45) is 22.5. The topological polar surface area (TPSA) is 66.4 Å². The Hall–Kier alpha value is -0.970. The largest absolute Gasteiger partial charge is 0.480 e. The number of carboxylic acid groups (broad SMARTS) is 1. The normalized spacial score (nSPS) is 12.4. The molecule has 0 unspecified atom stereocenters. The molecule has 0 saturated heterocycles. The molecule has 4 nitrogen and oxygen atoms in total. The number of rotatable bonds is 19. The third kappa shape index (κ3) is 18.2. The summed E-state index contributed by atoms with van der Waals surface area (Å²) in [5, 5.41) is 11.7. The second kappa shape index (κ2) is 19.8. The highest BCUT2D eigenvalue weighted by atomic mass is 32.2. The van der Waals surface area contributed by atoms with Crippen molar-refractivity contribution in [3.63, 3.8) is 0 Å². The van der Waals surface area contributed by atoms with Crippen LogP contribution in [0.1, 0.15) is 96.8 Å². The Labute approximate surface area is 171 Å². The summed E-state index contributed by atoms with van der Waals surface area (Å²) < 4.78 is 0. The average Bonchev–Trinajstić information content (AvgIpc) is 2.65. The third-order valence-corrected chi connectivity index (χ3v) is 5.36. The fraction of sp³-hybridized carbons (Fsp3) is 0.818. The monoisotopic (exact) mass is 399 g/mol. The molecule has 0 heterocycles. The molecule has 0 fully saturated rings. The van der Waals surface area contributed by atoms with Crippen LogP contribution in [0.3, 0.4) is 0 Å². The van der Waals surface area contributed by atoms with Crippen LogP contribution in [-0.2, 0) is 9.59 Å². The van der Waals surface area contributed by atoms with Gasteiger partial charge in [-0.3, -0.25) is 4.79 Å². The van der Waals surface area contributed by atoms with Crippen molar-refractivity contribution in [3.05, 3.63) is 12.2 Å². The first-order valence-corrected chi connectivity index (χ1v) is 12.2. The Balaban J connectivity index is 3.52. The Morgan fingerprint density at radius 3 is 1.93 bits per heavy atom. The molecule has 1 amide bonds. The summed E-state index contributed by atoms with van der Waals surface area (Å²) in [5.41, 5.74) is 0. The van der Waals surface area contributed by atoms with Crippen molar-refractivity contribution >= 4 is 23.6 Å². The van der Waals surface area contributed by atoms with Gasteiger partial charge in [-0.15, -0.1) is 0 Å². The minimum absolute atomic E-state index is 0.303. The second-order valence-electron chi connectivity index (χ2n) is 7.26. The number of aliphatic carboxylic acids is 1. The third-order valence-electron chi connectivity index (χ3n) is 4.72. The van der Waals surface area contributed by atoms with E-state index in [1.165, 1.54) is 76.7 Å². The van der Waals surface area contributed by atoms with Gasteiger partial charge in [-0.1, -0.05) is 83.6 Å². The van der Waals surface area contributed by atoms with Crippen molar-refractivity contribution in [1.82, 2.24) is 5.32 Å². The highest BCUT2D eigenvalue weighted by Gasteiger charge is 2.17. The minimum Gasteiger partial charge on any atom is -0.480 e. The van der Waals surface area contributed by atoms with Crippen molar-refractivity contribution in [2.75, 3.05) is 12.0 Å². The summed E-state index contributed by atoms with van der Waals surface area (Å²) in [6.45, 7) is 2.26. The number of unbranched alkanes of at least 4 members (excludes halogenated alkanes) is 12. The number of hydrogen-bond acceptors (Lipinski definition) is 3. The summed E-state index contributed by atoms with van der Waals surface area (Å²) >= 11 is 1.58. The summed E-state index contributed by atoms with van der Waals surface area (Å²) in [7, 11) is 0. The summed E-state index contributed by atoms with van der Waals surface area (Å²) in [4.78, 5) is 22.9. The molecular formula is C22H41NO3S. The van der Waals surface area contributed by atoms with Crippen LogP contribution in [0.2, 0.25) is 0 Å². The number of thioether (sulfide) groups is 1. The van der Waals surface area contributed by atoms with Gasteiger partial charge in [0.1, 0.15) is 6.04 Å². The number of nitrogens with one attached hydrogen (secondary N) is 1. The van der Waals surface area contributed by atoms with Crippen molar-refractivity contribution < 1.29 is 14.7 Å². The van der Waals surface area contributed by atoms with E-state index in [9.17, 15) is 9.59 Å². The Morgan fingerprint density at radius 2 is 1.44 bits per heavy atom. The van der Waals surface area contributed by atoms with Gasteiger partial charge in [-0.05, 0) is 37.3 Å². The number of carbonyl (C=O) groups excluding carboxylic acids is 1. The highest BCUT2D eigenvalue weighted by Crippen LogP contribution is 2.12. The van der Waals surface area contributed by atoms with E-state index in [4.69, 9.17) is 5.11 Å². The Morgan fingerprint density at radius 1 is 0.926 bits per heavy atom. The lowest BCUT2D eigenvalue weighted by atomic mass is 10.0. The molecule has 0 radical (unpaired) electrons. The van der Waals surface area contributed by atoms with Gasteiger partial charge in [0.05, 0.1) is 0 Å². The summed E-state index contributed by atoms with van der Waals surface area (Å²) in [5.74, 6) is -0.547. The maximum Gasteiger partial charge on any atom is 0.326 e. The first kappa shape index (κ1) is 26.0. The fourth-order valence-electron chi connectivity index (χ4n) is 3.01. The zero-order chi connectivity index (χ0) is 20.2. The van der Waals surface area contributed by atoms with Crippen LogP contribution < -0.4 is 5.32 Å². The molecule has 0 spiro atoms. The van der Waals surface area contributed by atoms with Gasteiger partial charge >= 0.3 is 5.97 Å². The zero-order valence-electron chi connectivity index (χ0n) is 17.5. The molecule has 27 heavy (non-hydrogen) atoms. The molecule has 2 N–H and O–H groups in total. The van der Waals surface area contributed by atoms with Gasteiger partial charge in [0, 0.05) is 0 Å². The van der Waals surface area contributed by atoms with Crippen LogP contribution in [0, 0.1) is 0 Å². The van der Waals surface area contributed by atoms with E-state index in [1.54, 1.807) is 11.8 Å². The molecule has 158 valence electrons. The van der Waals surface area contributed by atoms with E-state index in [1.807, 2.05) is 12.3 Å². The quantitative estimate of drug-likeness (QED) is 0.208. The van der Waals surface area contributed by atoms with Gasteiger partial charge in [-0.2, -0.15) is 11.8 Å². The predicted octanol–water partition coefficient (Wildman–Crippen LogP) is 5.96. The second-order valence-corrected chi connectivity index (χ2v) is 8.25. The SMILES string of the molecule is CCCCCCCCCCCCCCC=CC(=O)N[C@@H](CCSC)C(=O)O. The lowest BCUT2D eigenvalue weighted by Gasteiger charge is -2.12. The van der Waals surface area contributed by atoms with Gasteiger partial charge in [0.2, 0.25) is 5.91 Å². The number of hydrogen-bond donors (Lipinski definition) is 2. The van der Waals surface area contributed by atoms with E-state index >= 15 is 0 Å². The number of carboxylic acids is 1. The summed E-state index contributed by atoms with van der Waals surface area (Å²) in [6, 6.07) is -0.791. The predicted molar refractivity (Wildman–Crippen MR) is 117 cm³/mol. The van der Waals surface area contributed by atoms with Crippen LogP contribution >= 0.6 is 11.8 Å². The molecule has 5 heteroatoms. The van der Waals surface area contributed by atoms with Gasteiger partial charge < -0.3 is 10.4 Å². The molecule has 0 aromatic heterocycles. The smallest absolute Gasteiger partial charge is 0.326 e. The molecule has 0 bridgehead atoms. The van der Waals surface area contributed by atoms with Gasteiger partial charge in [0.25, 0.3) is 0 Å². The van der Waals surface area contributed by atoms with E-state index in [-0.39, 0.29) is 5.91 Å².